The van der Waals surface area contributed by atoms with Crippen molar-refractivity contribution in [2.75, 3.05) is 6.54 Å². The first-order chi connectivity index (χ1) is 8.97. The molecule has 1 aliphatic heterocycles. The molecule has 1 heterocycles. The molecule has 1 aliphatic rings. The van der Waals surface area contributed by atoms with Gasteiger partial charge in [0, 0.05) is 12.5 Å². The fourth-order valence-corrected chi connectivity index (χ4v) is 2.66. The molecular weight excluding hydrogens is 236 g/mol. The van der Waals surface area contributed by atoms with Gasteiger partial charge in [0.1, 0.15) is 0 Å². The average Bonchev–Trinajstić information content (AvgIpc) is 2.81. The fraction of sp³-hybridized carbons (Fsp3) is 0.562. The van der Waals surface area contributed by atoms with Gasteiger partial charge in [-0.2, -0.15) is 0 Å². The number of nitrogens with one attached hydrogen (secondary N) is 2. The van der Waals surface area contributed by atoms with E-state index in [1.165, 1.54) is 12.0 Å². The first-order valence-electron chi connectivity index (χ1n) is 7.09. The van der Waals surface area contributed by atoms with Gasteiger partial charge < -0.3 is 10.6 Å². The van der Waals surface area contributed by atoms with Crippen molar-refractivity contribution in [3.05, 3.63) is 35.4 Å². The molecule has 2 rings (SSSR count). The topological polar surface area (TPSA) is 41.1 Å². The van der Waals surface area contributed by atoms with Crippen LogP contribution in [0.5, 0.6) is 0 Å². The molecular formula is C16H24N2O. The zero-order chi connectivity index (χ0) is 13.9. The van der Waals surface area contributed by atoms with Gasteiger partial charge >= 0.3 is 0 Å². The van der Waals surface area contributed by atoms with E-state index in [4.69, 9.17) is 0 Å². The predicted octanol–water partition coefficient (Wildman–Crippen LogP) is 2.49. The summed E-state index contributed by atoms with van der Waals surface area (Å²) in [7, 11) is 0. The summed E-state index contributed by atoms with van der Waals surface area (Å²) in [6, 6.07) is 8.67. The van der Waals surface area contributed by atoms with Crippen LogP contribution in [0.15, 0.2) is 24.3 Å². The van der Waals surface area contributed by atoms with E-state index in [1.807, 2.05) is 6.07 Å². The summed E-state index contributed by atoms with van der Waals surface area (Å²) in [6.45, 7) is 7.23. The Bertz CT molecular complexity index is 448. The lowest BCUT2D eigenvalue weighted by molar-refractivity contribution is -0.123. The zero-order valence-electron chi connectivity index (χ0n) is 12.1. The second kappa shape index (κ2) is 5.74. The number of rotatable bonds is 4. The Morgan fingerprint density at radius 1 is 1.47 bits per heavy atom. The van der Waals surface area contributed by atoms with Crippen molar-refractivity contribution in [1.29, 1.82) is 0 Å². The molecule has 0 bridgehead atoms. The van der Waals surface area contributed by atoms with Gasteiger partial charge in [-0.1, -0.05) is 29.8 Å². The van der Waals surface area contributed by atoms with E-state index in [9.17, 15) is 4.79 Å². The molecule has 0 spiro atoms. The smallest absolute Gasteiger partial charge is 0.222 e. The molecule has 0 radical (unpaired) electrons. The van der Waals surface area contributed by atoms with Gasteiger partial charge in [0.05, 0.1) is 5.54 Å². The Labute approximate surface area is 115 Å². The quantitative estimate of drug-likeness (QED) is 0.873. The Morgan fingerprint density at radius 2 is 2.26 bits per heavy atom. The highest BCUT2D eigenvalue weighted by Gasteiger charge is 2.25. The van der Waals surface area contributed by atoms with Crippen LogP contribution in [0.25, 0.3) is 0 Å². The monoisotopic (exact) mass is 260 g/mol. The van der Waals surface area contributed by atoms with E-state index in [-0.39, 0.29) is 11.4 Å². The minimum atomic E-state index is -0.318. The zero-order valence-corrected chi connectivity index (χ0v) is 12.1. The van der Waals surface area contributed by atoms with Crippen LogP contribution in [0.2, 0.25) is 0 Å². The third kappa shape index (κ3) is 3.80. The Balaban J connectivity index is 1.97. The number of benzene rings is 1. The van der Waals surface area contributed by atoms with Gasteiger partial charge in [0.25, 0.3) is 0 Å². The summed E-state index contributed by atoms with van der Waals surface area (Å²) in [5.74, 6) is 0.130. The first-order valence-corrected chi connectivity index (χ1v) is 7.09. The van der Waals surface area contributed by atoms with E-state index in [0.29, 0.717) is 12.5 Å². The second-order valence-corrected chi connectivity index (χ2v) is 6.04. The molecule has 1 aromatic carbocycles. The maximum absolute atomic E-state index is 12.1. The fourth-order valence-electron chi connectivity index (χ4n) is 2.66. The molecule has 19 heavy (non-hydrogen) atoms. The maximum atomic E-state index is 12.1. The maximum Gasteiger partial charge on any atom is 0.222 e. The van der Waals surface area contributed by atoms with Gasteiger partial charge in [-0.3, -0.25) is 4.79 Å². The standard InChI is InChI=1S/C16H24N2O/c1-12-6-4-7-13(10-12)16(2,3)18-15(19)11-14-8-5-9-17-14/h4,6-7,10,14,17H,5,8-9,11H2,1-3H3,(H,18,19). The summed E-state index contributed by atoms with van der Waals surface area (Å²) in [5, 5.41) is 6.51. The van der Waals surface area contributed by atoms with Crippen LogP contribution in [-0.4, -0.2) is 18.5 Å². The number of hydrogen-bond acceptors (Lipinski definition) is 2. The minimum absolute atomic E-state index is 0.130. The highest BCUT2D eigenvalue weighted by Crippen LogP contribution is 2.21. The second-order valence-electron chi connectivity index (χ2n) is 6.04. The van der Waals surface area contributed by atoms with Gasteiger partial charge in [-0.25, -0.2) is 0 Å². The van der Waals surface area contributed by atoms with E-state index in [0.717, 1.165) is 18.5 Å². The SMILES string of the molecule is Cc1cccc(C(C)(C)NC(=O)CC2CCCN2)c1. The molecule has 1 unspecified atom stereocenters. The van der Waals surface area contributed by atoms with Crippen molar-refractivity contribution in [2.24, 2.45) is 0 Å². The Morgan fingerprint density at radius 3 is 2.89 bits per heavy atom. The molecule has 3 nitrogen and oxygen atoms in total. The molecule has 0 saturated carbocycles. The van der Waals surface area contributed by atoms with E-state index >= 15 is 0 Å². The molecule has 0 aromatic heterocycles. The number of aryl methyl sites for hydroxylation is 1. The number of carbonyl (C=O) groups is 1. The van der Waals surface area contributed by atoms with Gasteiger partial charge in [-0.05, 0) is 45.7 Å². The summed E-state index contributed by atoms with van der Waals surface area (Å²) in [6.07, 6.45) is 2.87. The molecule has 1 fully saturated rings. The van der Waals surface area contributed by atoms with Crippen molar-refractivity contribution < 1.29 is 4.79 Å². The van der Waals surface area contributed by atoms with Crippen molar-refractivity contribution in [2.45, 2.75) is 51.6 Å². The van der Waals surface area contributed by atoms with Crippen LogP contribution in [0.4, 0.5) is 0 Å². The molecule has 2 N–H and O–H groups in total. The first kappa shape index (κ1) is 14.1. The number of amides is 1. The van der Waals surface area contributed by atoms with E-state index < -0.39 is 0 Å². The molecule has 1 atom stereocenters. The van der Waals surface area contributed by atoms with Gasteiger partial charge in [0.2, 0.25) is 5.91 Å². The molecule has 1 aromatic rings. The van der Waals surface area contributed by atoms with Crippen molar-refractivity contribution in [3.8, 4) is 0 Å². The van der Waals surface area contributed by atoms with Gasteiger partial charge in [-0.15, -0.1) is 0 Å². The lowest BCUT2D eigenvalue weighted by Gasteiger charge is -2.28. The van der Waals surface area contributed by atoms with Crippen LogP contribution < -0.4 is 10.6 Å². The number of carbonyl (C=O) groups excluding carboxylic acids is 1. The average molecular weight is 260 g/mol. The molecule has 0 aliphatic carbocycles. The summed E-state index contributed by atoms with van der Waals surface area (Å²) < 4.78 is 0. The highest BCUT2D eigenvalue weighted by atomic mass is 16.1. The van der Waals surface area contributed by atoms with Crippen LogP contribution >= 0.6 is 0 Å². The normalized spacial score (nSPS) is 19.4. The van der Waals surface area contributed by atoms with Crippen LogP contribution in [0, 0.1) is 6.92 Å². The lowest BCUT2D eigenvalue weighted by Crippen LogP contribution is -2.43. The largest absolute Gasteiger partial charge is 0.347 e. The summed E-state index contributed by atoms with van der Waals surface area (Å²) >= 11 is 0. The van der Waals surface area contributed by atoms with Crippen molar-refractivity contribution in [1.82, 2.24) is 10.6 Å². The molecule has 1 saturated heterocycles. The van der Waals surface area contributed by atoms with Crippen molar-refractivity contribution >= 4 is 5.91 Å². The van der Waals surface area contributed by atoms with Gasteiger partial charge in [0.15, 0.2) is 0 Å². The predicted molar refractivity (Wildman–Crippen MR) is 78.0 cm³/mol. The minimum Gasteiger partial charge on any atom is -0.347 e. The molecule has 104 valence electrons. The lowest BCUT2D eigenvalue weighted by atomic mass is 9.92. The van der Waals surface area contributed by atoms with E-state index in [1.54, 1.807) is 0 Å². The third-order valence-corrected chi connectivity index (χ3v) is 3.79. The van der Waals surface area contributed by atoms with Crippen LogP contribution in [0.3, 0.4) is 0 Å². The third-order valence-electron chi connectivity index (χ3n) is 3.79. The highest BCUT2D eigenvalue weighted by molar-refractivity contribution is 5.77. The van der Waals surface area contributed by atoms with Crippen LogP contribution in [0.1, 0.15) is 44.2 Å². The van der Waals surface area contributed by atoms with Crippen LogP contribution in [-0.2, 0) is 10.3 Å². The number of hydrogen-bond donors (Lipinski definition) is 2. The Hall–Kier alpha value is -1.35. The molecule has 1 amide bonds. The van der Waals surface area contributed by atoms with E-state index in [2.05, 4.69) is 49.6 Å². The summed E-state index contributed by atoms with van der Waals surface area (Å²) in [5.41, 5.74) is 2.05. The molecule has 3 heteroatoms. The summed E-state index contributed by atoms with van der Waals surface area (Å²) in [4.78, 5) is 12.1. The Kier molecular flexibility index (Phi) is 4.25. The van der Waals surface area contributed by atoms with Crippen molar-refractivity contribution in [3.63, 3.8) is 0 Å².